The fraction of sp³-hybridized carbons (Fsp3) is 0.217. The van der Waals surface area contributed by atoms with Crippen LogP contribution in [0.3, 0.4) is 0 Å². The van der Waals surface area contributed by atoms with Crippen molar-refractivity contribution in [1.29, 1.82) is 0 Å². The van der Waals surface area contributed by atoms with E-state index in [-0.39, 0.29) is 17.2 Å². The highest BCUT2D eigenvalue weighted by atomic mass is 32.2. The van der Waals surface area contributed by atoms with E-state index >= 15 is 0 Å². The fourth-order valence-electron chi connectivity index (χ4n) is 3.53. The number of benzene rings is 2. The molecule has 0 aliphatic rings. The van der Waals surface area contributed by atoms with E-state index in [2.05, 4.69) is 41.1 Å². The number of amides is 1. The summed E-state index contributed by atoms with van der Waals surface area (Å²) < 4.78 is 3.36. The summed E-state index contributed by atoms with van der Waals surface area (Å²) in [5, 5.41) is 12.6. The number of thioether (sulfide) groups is 1. The molecule has 0 spiro atoms. The van der Waals surface area contributed by atoms with E-state index in [0.717, 1.165) is 11.9 Å². The van der Waals surface area contributed by atoms with Crippen LogP contribution in [0.4, 0.5) is 0 Å². The van der Waals surface area contributed by atoms with Gasteiger partial charge in [0.25, 0.3) is 5.56 Å². The lowest BCUT2D eigenvalue weighted by Gasteiger charge is -2.10. The smallest absolute Gasteiger partial charge is 0.263 e. The Morgan fingerprint density at radius 3 is 2.74 bits per heavy atom. The summed E-state index contributed by atoms with van der Waals surface area (Å²) in [4.78, 5) is 25.2. The summed E-state index contributed by atoms with van der Waals surface area (Å²) >= 11 is 1.30. The average molecular weight is 434 g/mol. The van der Waals surface area contributed by atoms with Crippen LogP contribution >= 0.6 is 11.8 Å². The minimum absolute atomic E-state index is 0.0703. The Kier molecular flexibility index (Phi) is 6.18. The molecule has 1 amide bonds. The first kappa shape index (κ1) is 20.9. The Morgan fingerprint density at radius 2 is 1.94 bits per heavy atom. The van der Waals surface area contributed by atoms with E-state index in [0.29, 0.717) is 29.4 Å². The Morgan fingerprint density at radius 1 is 1.16 bits per heavy atom. The van der Waals surface area contributed by atoms with Gasteiger partial charge in [0.2, 0.25) is 11.7 Å². The van der Waals surface area contributed by atoms with Crippen LogP contribution in [0.1, 0.15) is 11.1 Å². The maximum atomic E-state index is 12.8. The third kappa shape index (κ3) is 4.25. The molecule has 158 valence electrons. The van der Waals surface area contributed by atoms with Gasteiger partial charge in [-0.05, 0) is 36.6 Å². The van der Waals surface area contributed by atoms with Gasteiger partial charge in [-0.25, -0.2) is 0 Å². The Balaban J connectivity index is 1.51. The highest BCUT2D eigenvalue weighted by Crippen LogP contribution is 2.21. The molecule has 0 aliphatic heterocycles. The number of para-hydroxylation sites is 1. The SMILES string of the molecule is C=CCn1c(=O)c2ccccc2n2c(SCC(=O)NCCc3ccccc3C)nnc12. The number of hydrogen-bond donors (Lipinski definition) is 1. The van der Waals surface area contributed by atoms with E-state index < -0.39 is 0 Å². The largest absolute Gasteiger partial charge is 0.355 e. The lowest BCUT2D eigenvalue weighted by molar-refractivity contribution is -0.118. The summed E-state index contributed by atoms with van der Waals surface area (Å²) in [6.45, 7) is 6.70. The van der Waals surface area contributed by atoms with Gasteiger partial charge < -0.3 is 5.32 Å². The number of rotatable bonds is 8. The monoisotopic (exact) mass is 433 g/mol. The van der Waals surface area contributed by atoms with Gasteiger partial charge in [0.1, 0.15) is 0 Å². The number of allylic oxidation sites excluding steroid dienone is 1. The molecule has 0 radical (unpaired) electrons. The van der Waals surface area contributed by atoms with Crippen molar-refractivity contribution in [1.82, 2.24) is 24.5 Å². The zero-order valence-electron chi connectivity index (χ0n) is 17.2. The number of hydrogen-bond acceptors (Lipinski definition) is 5. The number of fused-ring (bicyclic) bond motifs is 3. The zero-order valence-corrected chi connectivity index (χ0v) is 18.1. The molecular formula is C23H23N5O2S. The molecular weight excluding hydrogens is 410 g/mol. The average Bonchev–Trinajstić information content (AvgIpc) is 3.20. The van der Waals surface area contributed by atoms with Gasteiger partial charge in [-0.2, -0.15) is 0 Å². The molecule has 4 aromatic rings. The normalized spacial score (nSPS) is 11.1. The molecule has 0 bridgehead atoms. The molecule has 0 aliphatic carbocycles. The van der Waals surface area contributed by atoms with Crippen molar-refractivity contribution >= 4 is 34.3 Å². The number of nitrogens with one attached hydrogen (secondary N) is 1. The molecule has 2 aromatic heterocycles. The summed E-state index contributed by atoms with van der Waals surface area (Å²) in [7, 11) is 0. The van der Waals surface area contributed by atoms with Crippen LogP contribution in [0.2, 0.25) is 0 Å². The predicted molar refractivity (Wildman–Crippen MR) is 124 cm³/mol. The second kappa shape index (κ2) is 9.18. The first-order valence-electron chi connectivity index (χ1n) is 10.0. The van der Waals surface area contributed by atoms with Gasteiger partial charge in [0, 0.05) is 13.1 Å². The second-order valence-electron chi connectivity index (χ2n) is 7.15. The predicted octanol–water partition coefficient (Wildman–Crippen LogP) is 2.99. The molecule has 0 fully saturated rings. The number of aromatic nitrogens is 4. The van der Waals surface area contributed by atoms with Gasteiger partial charge >= 0.3 is 0 Å². The van der Waals surface area contributed by atoms with Crippen LogP contribution in [0.25, 0.3) is 16.7 Å². The van der Waals surface area contributed by atoms with Gasteiger partial charge in [-0.1, -0.05) is 54.2 Å². The Bertz CT molecular complexity index is 1320. The molecule has 0 saturated heterocycles. The first-order valence-corrected chi connectivity index (χ1v) is 11.0. The molecule has 0 saturated carbocycles. The van der Waals surface area contributed by atoms with Crippen LogP contribution in [-0.4, -0.2) is 37.4 Å². The van der Waals surface area contributed by atoms with Crippen LogP contribution in [0, 0.1) is 6.92 Å². The quantitative estimate of drug-likeness (QED) is 0.341. The zero-order chi connectivity index (χ0) is 21.8. The van der Waals surface area contributed by atoms with Crippen molar-refractivity contribution in [3.8, 4) is 0 Å². The number of aryl methyl sites for hydroxylation is 1. The van der Waals surface area contributed by atoms with Crippen molar-refractivity contribution in [2.24, 2.45) is 0 Å². The van der Waals surface area contributed by atoms with E-state index in [4.69, 9.17) is 0 Å². The molecule has 1 N–H and O–H groups in total. The standard InChI is InChI=1S/C23H23N5O2S/c1-3-14-27-21(30)18-10-6-7-11-19(18)28-22(27)25-26-23(28)31-15-20(29)24-13-12-17-9-5-4-8-16(17)2/h3-11H,1,12-15H2,2H3,(H,24,29). The summed E-state index contributed by atoms with van der Waals surface area (Å²) in [5.74, 6) is 0.578. The Hall–Kier alpha value is -3.39. The Labute approximate surface area is 183 Å². The molecule has 0 unspecified atom stereocenters. The maximum Gasteiger partial charge on any atom is 0.263 e. The van der Waals surface area contributed by atoms with Crippen LogP contribution in [-0.2, 0) is 17.8 Å². The molecule has 2 aromatic carbocycles. The van der Waals surface area contributed by atoms with Gasteiger partial charge in [0.15, 0.2) is 5.16 Å². The minimum Gasteiger partial charge on any atom is -0.355 e. The molecule has 2 heterocycles. The third-order valence-electron chi connectivity index (χ3n) is 5.10. The van der Waals surface area contributed by atoms with E-state index in [1.807, 2.05) is 34.7 Å². The lowest BCUT2D eigenvalue weighted by atomic mass is 10.1. The summed E-state index contributed by atoms with van der Waals surface area (Å²) in [5.41, 5.74) is 3.03. The van der Waals surface area contributed by atoms with Crippen molar-refractivity contribution in [2.45, 2.75) is 25.0 Å². The topological polar surface area (TPSA) is 81.3 Å². The first-order chi connectivity index (χ1) is 15.1. The molecule has 4 rings (SSSR count). The van der Waals surface area contributed by atoms with Crippen molar-refractivity contribution in [2.75, 3.05) is 12.3 Å². The number of nitrogens with zero attached hydrogens (tertiary/aromatic N) is 4. The van der Waals surface area contributed by atoms with Crippen LogP contribution < -0.4 is 10.9 Å². The second-order valence-corrected chi connectivity index (χ2v) is 8.10. The van der Waals surface area contributed by atoms with Gasteiger partial charge in [0.05, 0.1) is 16.7 Å². The number of carbonyl (C=O) groups excluding carboxylic acids is 1. The molecule has 31 heavy (non-hydrogen) atoms. The highest BCUT2D eigenvalue weighted by molar-refractivity contribution is 7.99. The maximum absolute atomic E-state index is 12.8. The van der Waals surface area contributed by atoms with E-state index in [9.17, 15) is 9.59 Å². The minimum atomic E-state index is -0.138. The van der Waals surface area contributed by atoms with E-state index in [1.165, 1.54) is 27.5 Å². The van der Waals surface area contributed by atoms with Crippen LogP contribution in [0.5, 0.6) is 0 Å². The van der Waals surface area contributed by atoms with Gasteiger partial charge in [-0.3, -0.25) is 18.6 Å². The molecule has 8 heteroatoms. The molecule has 0 atom stereocenters. The van der Waals surface area contributed by atoms with Crippen molar-refractivity contribution < 1.29 is 4.79 Å². The van der Waals surface area contributed by atoms with Crippen molar-refractivity contribution in [3.05, 3.63) is 82.7 Å². The third-order valence-corrected chi connectivity index (χ3v) is 6.03. The molecule has 7 nitrogen and oxygen atoms in total. The number of carbonyl (C=O) groups is 1. The summed E-state index contributed by atoms with van der Waals surface area (Å²) in [6, 6.07) is 15.5. The summed E-state index contributed by atoms with van der Waals surface area (Å²) in [6.07, 6.45) is 2.44. The fourth-order valence-corrected chi connectivity index (χ4v) is 4.30. The van der Waals surface area contributed by atoms with E-state index in [1.54, 1.807) is 12.1 Å². The van der Waals surface area contributed by atoms with Gasteiger partial charge in [-0.15, -0.1) is 16.8 Å². The lowest BCUT2D eigenvalue weighted by Crippen LogP contribution is -2.27. The van der Waals surface area contributed by atoms with Crippen molar-refractivity contribution in [3.63, 3.8) is 0 Å². The van der Waals surface area contributed by atoms with Crippen LogP contribution in [0.15, 0.2) is 71.1 Å². The highest BCUT2D eigenvalue weighted by Gasteiger charge is 2.17.